The van der Waals surface area contributed by atoms with Gasteiger partial charge in [0.25, 0.3) is 0 Å². The minimum absolute atomic E-state index is 0.0723. The Kier molecular flexibility index (Phi) is 5.58. The summed E-state index contributed by atoms with van der Waals surface area (Å²) in [4.78, 5) is 16.1. The number of ether oxygens (including phenoxy) is 1. The predicted molar refractivity (Wildman–Crippen MR) is 90.0 cm³/mol. The quantitative estimate of drug-likeness (QED) is 0.608. The van der Waals surface area contributed by atoms with Crippen LogP contribution in [0.5, 0.6) is 5.75 Å². The molecular formula is C16H11F5N4O2S. The molecule has 0 aliphatic rings. The lowest BCUT2D eigenvalue weighted by Crippen LogP contribution is -2.19. The van der Waals surface area contributed by atoms with Gasteiger partial charge in [-0.2, -0.15) is 27.1 Å². The summed E-state index contributed by atoms with van der Waals surface area (Å²) in [7, 11) is 0. The van der Waals surface area contributed by atoms with E-state index in [0.29, 0.717) is 11.3 Å². The Labute approximate surface area is 158 Å². The molecule has 6 nitrogen and oxygen atoms in total. The molecule has 0 saturated carbocycles. The van der Waals surface area contributed by atoms with Gasteiger partial charge in [-0.3, -0.25) is 9.48 Å². The molecule has 3 aromatic rings. The fourth-order valence-electron chi connectivity index (χ4n) is 2.24. The lowest BCUT2D eigenvalue weighted by Gasteiger charge is -2.08. The molecule has 1 N–H and O–H groups in total. The number of carbonyl (C=O) groups excluding carboxylic acids is 1. The molecule has 0 saturated heterocycles. The van der Waals surface area contributed by atoms with Crippen molar-refractivity contribution in [3.8, 4) is 17.0 Å². The molecule has 1 amide bonds. The molecule has 0 atom stereocenters. The second kappa shape index (κ2) is 7.92. The Balaban J connectivity index is 1.68. The molecule has 0 radical (unpaired) electrons. The molecule has 148 valence electrons. The normalized spacial score (nSPS) is 11.6. The second-order valence-corrected chi connectivity index (χ2v) is 6.22. The van der Waals surface area contributed by atoms with Crippen molar-refractivity contribution >= 4 is 22.4 Å². The largest absolute Gasteiger partial charge is 0.435 e. The summed E-state index contributed by atoms with van der Waals surface area (Å²) in [6.07, 6.45) is -3.56. The number of anilines is 1. The van der Waals surface area contributed by atoms with Crippen LogP contribution in [0.4, 0.5) is 27.1 Å². The molecule has 0 aliphatic carbocycles. The van der Waals surface area contributed by atoms with Gasteiger partial charge in [-0.15, -0.1) is 11.3 Å². The van der Waals surface area contributed by atoms with Crippen molar-refractivity contribution in [2.75, 3.05) is 5.32 Å². The SMILES string of the molecule is O=C(Cn1ccc(C(F)(F)F)n1)Nc1nc(-c2ccccc2OC(F)F)cs1. The number of alkyl halides is 5. The van der Waals surface area contributed by atoms with Gasteiger partial charge in [0.2, 0.25) is 5.91 Å². The number of halogens is 5. The van der Waals surface area contributed by atoms with Gasteiger partial charge in [-0.05, 0) is 18.2 Å². The maximum absolute atomic E-state index is 12.5. The number of carbonyl (C=O) groups is 1. The molecule has 2 aromatic heterocycles. The summed E-state index contributed by atoms with van der Waals surface area (Å²) >= 11 is 1.02. The van der Waals surface area contributed by atoms with Crippen molar-refractivity contribution in [3.63, 3.8) is 0 Å². The average molecular weight is 418 g/mol. The van der Waals surface area contributed by atoms with Crippen LogP contribution in [0.1, 0.15) is 5.69 Å². The maximum atomic E-state index is 12.5. The minimum Gasteiger partial charge on any atom is -0.434 e. The first kappa shape index (κ1) is 19.7. The van der Waals surface area contributed by atoms with Gasteiger partial charge in [-0.1, -0.05) is 12.1 Å². The molecule has 3 rings (SSSR count). The van der Waals surface area contributed by atoms with E-state index < -0.39 is 30.9 Å². The topological polar surface area (TPSA) is 69.0 Å². The van der Waals surface area contributed by atoms with E-state index in [-0.39, 0.29) is 10.9 Å². The van der Waals surface area contributed by atoms with Crippen LogP contribution < -0.4 is 10.1 Å². The zero-order chi connectivity index (χ0) is 20.3. The summed E-state index contributed by atoms with van der Waals surface area (Å²) in [5, 5.41) is 7.38. The van der Waals surface area contributed by atoms with Crippen LogP contribution in [0.3, 0.4) is 0 Å². The number of hydrogen-bond acceptors (Lipinski definition) is 5. The Morgan fingerprint density at radius 1 is 1.25 bits per heavy atom. The molecule has 2 heterocycles. The van der Waals surface area contributed by atoms with Crippen molar-refractivity contribution < 1.29 is 31.5 Å². The van der Waals surface area contributed by atoms with E-state index in [4.69, 9.17) is 0 Å². The van der Waals surface area contributed by atoms with Crippen molar-refractivity contribution in [2.24, 2.45) is 0 Å². The molecule has 12 heteroatoms. The van der Waals surface area contributed by atoms with Crippen LogP contribution in [-0.4, -0.2) is 27.3 Å². The first-order valence-corrected chi connectivity index (χ1v) is 8.50. The monoisotopic (exact) mass is 418 g/mol. The zero-order valence-electron chi connectivity index (χ0n) is 13.8. The van der Waals surface area contributed by atoms with Crippen LogP contribution in [0.2, 0.25) is 0 Å². The zero-order valence-corrected chi connectivity index (χ0v) is 14.6. The standard InChI is InChI=1S/C16H11F5N4O2S/c17-14(18)27-11-4-2-1-3-9(11)10-8-28-15(22-10)23-13(26)7-25-6-5-12(24-25)16(19,20)21/h1-6,8,14H,7H2,(H,22,23,26). The third kappa shape index (κ3) is 4.82. The predicted octanol–water partition coefficient (Wildman–Crippen LogP) is 4.27. The average Bonchev–Trinajstić information content (AvgIpc) is 3.24. The molecule has 0 fully saturated rings. The smallest absolute Gasteiger partial charge is 0.434 e. The molecule has 0 aliphatic heterocycles. The Morgan fingerprint density at radius 3 is 2.68 bits per heavy atom. The van der Waals surface area contributed by atoms with E-state index in [0.717, 1.165) is 28.3 Å². The molecule has 0 spiro atoms. The van der Waals surface area contributed by atoms with E-state index in [9.17, 15) is 26.7 Å². The van der Waals surface area contributed by atoms with Gasteiger partial charge < -0.3 is 10.1 Å². The number of nitrogens with one attached hydrogen (secondary N) is 1. The van der Waals surface area contributed by atoms with Crippen molar-refractivity contribution in [1.82, 2.24) is 14.8 Å². The van der Waals surface area contributed by atoms with Gasteiger partial charge in [0, 0.05) is 17.1 Å². The van der Waals surface area contributed by atoms with Crippen LogP contribution in [0.25, 0.3) is 11.3 Å². The molecule has 0 bridgehead atoms. The number of nitrogens with zero attached hydrogens (tertiary/aromatic N) is 3. The third-order valence-electron chi connectivity index (χ3n) is 3.37. The molecule has 0 unspecified atom stereocenters. The molecule has 1 aromatic carbocycles. The van der Waals surface area contributed by atoms with Crippen molar-refractivity contribution in [3.05, 3.63) is 47.6 Å². The molecule has 28 heavy (non-hydrogen) atoms. The molecular weight excluding hydrogens is 407 g/mol. The van der Waals surface area contributed by atoms with Gasteiger partial charge in [0.15, 0.2) is 10.8 Å². The first-order chi connectivity index (χ1) is 13.2. The highest BCUT2D eigenvalue weighted by atomic mass is 32.1. The maximum Gasteiger partial charge on any atom is 0.435 e. The summed E-state index contributed by atoms with van der Waals surface area (Å²) in [5.74, 6) is -0.716. The Bertz CT molecular complexity index is 970. The van der Waals surface area contributed by atoms with Crippen LogP contribution >= 0.6 is 11.3 Å². The third-order valence-corrected chi connectivity index (χ3v) is 4.12. The number of para-hydroxylation sites is 1. The lowest BCUT2D eigenvalue weighted by molar-refractivity contribution is -0.141. The highest BCUT2D eigenvalue weighted by Gasteiger charge is 2.33. The number of benzene rings is 1. The summed E-state index contributed by atoms with van der Waals surface area (Å²) in [6, 6.07) is 6.78. The van der Waals surface area contributed by atoms with E-state index in [1.807, 2.05) is 0 Å². The number of amides is 1. The van der Waals surface area contributed by atoms with Gasteiger partial charge in [0.1, 0.15) is 12.3 Å². The fraction of sp³-hybridized carbons (Fsp3) is 0.188. The van der Waals surface area contributed by atoms with Crippen molar-refractivity contribution in [1.29, 1.82) is 0 Å². The summed E-state index contributed by atoms with van der Waals surface area (Å²) < 4.78 is 67.8. The minimum atomic E-state index is -4.60. The number of hydrogen-bond donors (Lipinski definition) is 1. The van der Waals surface area contributed by atoms with Gasteiger partial charge in [0.05, 0.1) is 5.69 Å². The second-order valence-electron chi connectivity index (χ2n) is 5.36. The van der Waals surface area contributed by atoms with Crippen LogP contribution in [0.15, 0.2) is 41.9 Å². The number of aromatic nitrogens is 3. The summed E-state index contributed by atoms with van der Waals surface area (Å²) in [6.45, 7) is -3.45. The van der Waals surface area contributed by atoms with Crippen molar-refractivity contribution in [2.45, 2.75) is 19.3 Å². The highest BCUT2D eigenvalue weighted by Crippen LogP contribution is 2.33. The Morgan fingerprint density at radius 2 is 2.00 bits per heavy atom. The Hall–Kier alpha value is -3.02. The van der Waals surface area contributed by atoms with E-state index >= 15 is 0 Å². The first-order valence-electron chi connectivity index (χ1n) is 7.62. The van der Waals surface area contributed by atoms with Crippen LogP contribution in [-0.2, 0) is 17.5 Å². The van der Waals surface area contributed by atoms with Gasteiger partial charge >= 0.3 is 12.8 Å². The fourth-order valence-corrected chi connectivity index (χ4v) is 2.97. The van der Waals surface area contributed by atoms with Crippen LogP contribution in [0, 0.1) is 0 Å². The summed E-state index contributed by atoms with van der Waals surface area (Å²) in [5.41, 5.74) is -0.496. The highest BCUT2D eigenvalue weighted by molar-refractivity contribution is 7.14. The number of thiazole rings is 1. The van der Waals surface area contributed by atoms with E-state index in [1.165, 1.54) is 23.6 Å². The number of rotatable bonds is 6. The lowest BCUT2D eigenvalue weighted by atomic mass is 10.1. The van der Waals surface area contributed by atoms with Gasteiger partial charge in [-0.25, -0.2) is 4.98 Å². The van der Waals surface area contributed by atoms with E-state index in [2.05, 4.69) is 20.1 Å². The van der Waals surface area contributed by atoms with E-state index in [1.54, 1.807) is 6.07 Å².